The number of carbonyl (C=O) groups is 2. The highest BCUT2D eigenvalue weighted by Crippen LogP contribution is 2.35. The maximum atomic E-state index is 11.2. The van der Waals surface area contributed by atoms with Gasteiger partial charge in [0.2, 0.25) is 0 Å². The van der Waals surface area contributed by atoms with Crippen molar-refractivity contribution >= 4 is 23.3 Å². The Kier molecular flexibility index (Phi) is 4.92. The molecule has 0 saturated carbocycles. The number of nitrogens with zero attached hydrogens (tertiary/aromatic N) is 2. The van der Waals surface area contributed by atoms with E-state index in [0.29, 0.717) is 12.1 Å². The molecule has 2 rings (SSSR count). The van der Waals surface area contributed by atoms with Crippen LogP contribution in [0.2, 0.25) is 0 Å². The normalized spacial score (nSPS) is 10.4. The minimum Gasteiger partial charge on any atom is -0.507 e. The number of aromatic carboxylic acids is 2. The van der Waals surface area contributed by atoms with Crippen molar-refractivity contribution in [1.29, 1.82) is 0 Å². The van der Waals surface area contributed by atoms with Gasteiger partial charge in [0, 0.05) is 41.8 Å². The lowest BCUT2D eigenvalue weighted by Gasteiger charge is -2.10. The molecule has 0 saturated heterocycles. The van der Waals surface area contributed by atoms with Gasteiger partial charge in [-0.3, -0.25) is 20.2 Å². The third-order valence-corrected chi connectivity index (χ3v) is 3.61. The van der Waals surface area contributed by atoms with Gasteiger partial charge >= 0.3 is 11.9 Å². The number of hydrogen-bond acceptors (Lipinski definition) is 8. The monoisotopic (exact) mass is 378 g/mol. The lowest BCUT2D eigenvalue weighted by Crippen LogP contribution is -2.05. The third kappa shape index (κ3) is 3.73. The Morgan fingerprint density at radius 3 is 1.37 bits per heavy atom. The summed E-state index contributed by atoms with van der Waals surface area (Å²) in [5.74, 6) is -5.02. The number of phenols is 2. The molecule has 0 bridgehead atoms. The van der Waals surface area contributed by atoms with E-state index < -0.39 is 62.2 Å². The van der Waals surface area contributed by atoms with Crippen LogP contribution in [0, 0.1) is 20.2 Å². The van der Waals surface area contributed by atoms with Gasteiger partial charge < -0.3 is 20.4 Å². The first-order valence-corrected chi connectivity index (χ1v) is 7.00. The molecule has 0 heterocycles. The largest absolute Gasteiger partial charge is 0.507 e. The molecule has 0 radical (unpaired) electrons. The first kappa shape index (κ1) is 19.1. The van der Waals surface area contributed by atoms with E-state index in [4.69, 9.17) is 10.2 Å². The molecule has 0 atom stereocenters. The molecule has 2 aromatic carbocycles. The maximum Gasteiger partial charge on any atom is 0.339 e. The molecule has 0 fully saturated rings. The molecule has 0 unspecified atom stereocenters. The number of rotatable bonds is 6. The number of nitro groups is 2. The van der Waals surface area contributed by atoms with Crippen LogP contribution in [-0.4, -0.2) is 42.2 Å². The summed E-state index contributed by atoms with van der Waals surface area (Å²) in [6.45, 7) is 0. The van der Waals surface area contributed by atoms with E-state index in [1.54, 1.807) is 0 Å². The van der Waals surface area contributed by atoms with Crippen molar-refractivity contribution in [3.63, 3.8) is 0 Å². The average Bonchev–Trinajstić information content (AvgIpc) is 2.57. The standard InChI is InChI=1S/C15H10N2O10/c18-12-6(2-8(16(24)25)4-10(12)14(20)21)1-7-3-9(17(26)27)5-11(13(7)19)15(22)23/h2-5,18-19H,1H2,(H,20,21)(H,22,23). The first-order chi connectivity index (χ1) is 12.5. The van der Waals surface area contributed by atoms with Crippen molar-refractivity contribution in [3.05, 3.63) is 66.7 Å². The van der Waals surface area contributed by atoms with Crippen LogP contribution in [0.15, 0.2) is 24.3 Å². The van der Waals surface area contributed by atoms with Crippen molar-refractivity contribution in [2.24, 2.45) is 0 Å². The summed E-state index contributed by atoms with van der Waals surface area (Å²) in [5, 5.41) is 60.1. The summed E-state index contributed by atoms with van der Waals surface area (Å²) >= 11 is 0. The predicted molar refractivity (Wildman–Crippen MR) is 86.2 cm³/mol. The second-order valence-electron chi connectivity index (χ2n) is 5.30. The van der Waals surface area contributed by atoms with Crippen molar-refractivity contribution in [2.75, 3.05) is 0 Å². The Morgan fingerprint density at radius 1 is 0.778 bits per heavy atom. The Labute approximate surface area is 148 Å². The summed E-state index contributed by atoms with van der Waals surface area (Å²) in [7, 11) is 0. The number of aromatic hydroxyl groups is 2. The van der Waals surface area contributed by atoms with Gasteiger partial charge in [-0.2, -0.15) is 0 Å². The van der Waals surface area contributed by atoms with Crippen molar-refractivity contribution in [2.45, 2.75) is 6.42 Å². The molecular weight excluding hydrogens is 368 g/mol. The molecule has 0 aliphatic rings. The summed E-state index contributed by atoms with van der Waals surface area (Å²) in [6, 6.07) is 2.88. The summed E-state index contributed by atoms with van der Waals surface area (Å²) in [4.78, 5) is 42.4. The fraction of sp³-hybridized carbons (Fsp3) is 0.0667. The molecule has 4 N–H and O–H groups in total. The number of non-ortho nitro benzene ring substituents is 2. The van der Waals surface area contributed by atoms with Gasteiger partial charge in [-0.15, -0.1) is 0 Å². The molecule has 12 nitrogen and oxygen atoms in total. The molecule has 12 heteroatoms. The Hall–Kier alpha value is -4.22. The highest BCUT2D eigenvalue weighted by atomic mass is 16.6. The zero-order chi connectivity index (χ0) is 20.5. The fourth-order valence-electron chi connectivity index (χ4n) is 2.37. The Morgan fingerprint density at radius 2 is 1.11 bits per heavy atom. The van der Waals surface area contributed by atoms with Crippen LogP contribution in [0.1, 0.15) is 31.8 Å². The van der Waals surface area contributed by atoms with Crippen LogP contribution in [0.25, 0.3) is 0 Å². The molecule has 0 aromatic heterocycles. The van der Waals surface area contributed by atoms with Gasteiger partial charge in [-0.25, -0.2) is 9.59 Å². The Bertz CT molecular complexity index is 919. The zero-order valence-corrected chi connectivity index (χ0v) is 13.1. The van der Waals surface area contributed by atoms with Crippen LogP contribution < -0.4 is 0 Å². The van der Waals surface area contributed by atoms with Gasteiger partial charge in [-0.1, -0.05) is 0 Å². The molecule has 0 aliphatic heterocycles. The average molecular weight is 378 g/mol. The number of nitro benzene ring substituents is 2. The van der Waals surface area contributed by atoms with E-state index in [9.17, 15) is 40.0 Å². The van der Waals surface area contributed by atoms with E-state index >= 15 is 0 Å². The van der Waals surface area contributed by atoms with Crippen LogP contribution >= 0.6 is 0 Å². The molecule has 0 amide bonds. The van der Waals surface area contributed by atoms with Crippen molar-refractivity contribution in [3.8, 4) is 11.5 Å². The van der Waals surface area contributed by atoms with Crippen molar-refractivity contribution in [1.82, 2.24) is 0 Å². The summed E-state index contributed by atoms with van der Waals surface area (Å²) in [6.07, 6.45) is -0.596. The van der Waals surface area contributed by atoms with E-state index in [0.717, 1.165) is 12.1 Å². The van der Waals surface area contributed by atoms with Crippen LogP contribution in [0.4, 0.5) is 11.4 Å². The maximum absolute atomic E-state index is 11.2. The van der Waals surface area contributed by atoms with Crippen LogP contribution in [0.5, 0.6) is 11.5 Å². The summed E-state index contributed by atoms with van der Waals surface area (Å²) < 4.78 is 0. The molecule has 0 spiro atoms. The minimum atomic E-state index is -1.66. The van der Waals surface area contributed by atoms with Crippen LogP contribution in [-0.2, 0) is 6.42 Å². The molecule has 140 valence electrons. The Balaban J connectivity index is 2.69. The van der Waals surface area contributed by atoms with Crippen molar-refractivity contribution < 1.29 is 39.9 Å². The number of benzene rings is 2. The predicted octanol–water partition coefficient (Wildman–Crippen LogP) is 1.90. The first-order valence-electron chi connectivity index (χ1n) is 7.00. The lowest BCUT2D eigenvalue weighted by molar-refractivity contribution is -0.385. The smallest absolute Gasteiger partial charge is 0.339 e. The lowest BCUT2D eigenvalue weighted by atomic mass is 9.97. The van der Waals surface area contributed by atoms with Gasteiger partial charge in [0.15, 0.2) is 0 Å². The van der Waals surface area contributed by atoms with Gasteiger partial charge in [-0.05, 0) is 0 Å². The summed E-state index contributed by atoms with van der Waals surface area (Å²) in [5.41, 5.74) is -3.61. The topological polar surface area (TPSA) is 201 Å². The molecule has 2 aromatic rings. The molecule has 0 aliphatic carbocycles. The fourth-order valence-corrected chi connectivity index (χ4v) is 2.37. The minimum absolute atomic E-state index is 0.339. The number of hydrogen-bond donors (Lipinski definition) is 4. The van der Waals surface area contributed by atoms with Crippen LogP contribution in [0.3, 0.4) is 0 Å². The third-order valence-electron chi connectivity index (χ3n) is 3.61. The van der Waals surface area contributed by atoms with E-state index in [1.165, 1.54) is 0 Å². The second-order valence-corrected chi connectivity index (χ2v) is 5.30. The van der Waals surface area contributed by atoms with Gasteiger partial charge in [0.25, 0.3) is 11.4 Å². The zero-order valence-electron chi connectivity index (χ0n) is 13.1. The molecule has 27 heavy (non-hydrogen) atoms. The van der Waals surface area contributed by atoms with E-state index in [-0.39, 0.29) is 11.1 Å². The van der Waals surface area contributed by atoms with Gasteiger partial charge in [0.1, 0.15) is 22.6 Å². The SMILES string of the molecule is O=C(O)c1cc([N+](=O)[O-])cc(Cc2cc([N+](=O)[O-])cc(C(=O)O)c2O)c1O. The van der Waals surface area contributed by atoms with Gasteiger partial charge in [0.05, 0.1) is 9.85 Å². The molecular formula is C15H10N2O10. The quantitative estimate of drug-likeness (QED) is 0.424. The highest BCUT2D eigenvalue weighted by molar-refractivity contribution is 5.93. The number of carboxylic acids is 2. The highest BCUT2D eigenvalue weighted by Gasteiger charge is 2.24. The van der Waals surface area contributed by atoms with E-state index in [1.807, 2.05) is 0 Å². The van der Waals surface area contributed by atoms with E-state index in [2.05, 4.69) is 0 Å². The second kappa shape index (κ2) is 6.95. The number of carboxylic acid groups (broad SMARTS) is 2.